The summed E-state index contributed by atoms with van der Waals surface area (Å²) in [6.45, 7) is 5.86. The van der Waals surface area contributed by atoms with E-state index in [-0.39, 0.29) is 0 Å². The van der Waals surface area contributed by atoms with Gasteiger partial charge in [-0.3, -0.25) is 0 Å². The molecule has 2 N–H and O–H groups in total. The zero-order valence-corrected chi connectivity index (χ0v) is 17.8. The van der Waals surface area contributed by atoms with Crippen molar-refractivity contribution in [1.29, 1.82) is 0 Å². The molecule has 4 rings (SSSR count). The van der Waals surface area contributed by atoms with E-state index in [0.717, 1.165) is 26.1 Å². The van der Waals surface area contributed by atoms with Crippen molar-refractivity contribution in [2.45, 2.75) is 44.7 Å². The molecule has 3 fully saturated rings. The first kappa shape index (κ1) is 20.1. The first-order valence-electron chi connectivity index (χ1n) is 10.5. The van der Waals surface area contributed by atoms with E-state index in [1.54, 1.807) is 5.57 Å². The quantitative estimate of drug-likeness (QED) is 0.665. The number of rotatable bonds is 9. The Kier molecular flexibility index (Phi) is 5.67. The highest BCUT2D eigenvalue weighted by Crippen LogP contribution is 2.50. The summed E-state index contributed by atoms with van der Waals surface area (Å²) >= 11 is 0. The Hall–Kier alpha value is -1.21. The molecule has 1 aliphatic heterocycles. The van der Waals surface area contributed by atoms with Crippen LogP contribution in [0.3, 0.4) is 0 Å². The van der Waals surface area contributed by atoms with Gasteiger partial charge in [-0.1, -0.05) is 48.9 Å². The van der Waals surface area contributed by atoms with Crippen LogP contribution in [0.4, 0.5) is 0 Å². The number of likely N-dealkylation sites (tertiary alicyclic amines) is 1. The van der Waals surface area contributed by atoms with Gasteiger partial charge in [0.25, 0.3) is 0 Å². The Bertz CT molecular complexity index is 807. The van der Waals surface area contributed by atoms with Crippen molar-refractivity contribution in [3.63, 3.8) is 0 Å². The third kappa shape index (κ3) is 4.85. The first-order valence-corrected chi connectivity index (χ1v) is 12.4. The van der Waals surface area contributed by atoms with Gasteiger partial charge in [-0.15, -0.1) is 0 Å². The van der Waals surface area contributed by atoms with Crippen LogP contribution in [-0.4, -0.2) is 57.8 Å². The summed E-state index contributed by atoms with van der Waals surface area (Å²) in [7, 11) is -3.07. The van der Waals surface area contributed by atoms with Gasteiger partial charge in [0.05, 0.1) is 6.26 Å². The summed E-state index contributed by atoms with van der Waals surface area (Å²) in [5.74, 6) is 0.710. The fourth-order valence-electron chi connectivity index (χ4n) is 5.14. The van der Waals surface area contributed by atoms with Crippen LogP contribution < -0.4 is 10.0 Å². The Morgan fingerprint density at radius 1 is 1.25 bits per heavy atom. The van der Waals surface area contributed by atoms with Crippen molar-refractivity contribution >= 4 is 16.1 Å². The Morgan fingerprint density at radius 3 is 2.61 bits per heavy atom. The molecular formula is C22H33N3O2S. The highest BCUT2D eigenvalue weighted by molar-refractivity contribution is 7.88. The Balaban J connectivity index is 1.16. The predicted molar refractivity (Wildman–Crippen MR) is 114 cm³/mol. The molecule has 0 bridgehead atoms. The van der Waals surface area contributed by atoms with Crippen molar-refractivity contribution < 1.29 is 8.42 Å². The van der Waals surface area contributed by atoms with Gasteiger partial charge in [0.1, 0.15) is 0 Å². The molecule has 3 aliphatic rings. The fraction of sp³-hybridized carbons (Fsp3) is 0.636. The van der Waals surface area contributed by atoms with Crippen molar-refractivity contribution in [2.24, 2.45) is 11.3 Å². The molecule has 154 valence electrons. The van der Waals surface area contributed by atoms with Gasteiger partial charge in [-0.25, -0.2) is 13.1 Å². The third-order valence-electron chi connectivity index (χ3n) is 6.55. The average Bonchev–Trinajstić information content (AvgIpc) is 3.34. The van der Waals surface area contributed by atoms with Crippen molar-refractivity contribution in [1.82, 2.24) is 14.9 Å². The lowest BCUT2D eigenvalue weighted by molar-refractivity contribution is -0.0775. The van der Waals surface area contributed by atoms with Gasteiger partial charge in [0.15, 0.2) is 0 Å². The maximum absolute atomic E-state index is 11.1. The van der Waals surface area contributed by atoms with E-state index < -0.39 is 10.0 Å². The number of hydrogen-bond acceptors (Lipinski definition) is 4. The van der Waals surface area contributed by atoms with Gasteiger partial charge in [-0.05, 0) is 42.6 Å². The fourth-order valence-corrected chi connectivity index (χ4v) is 5.60. The summed E-state index contributed by atoms with van der Waals surface area (Å²) in [6, 6.07) is 12.0. The van der Waals surface area contributed by atoms with Crippen LogP contribution in [0.25, 0.3) is 6.08 Å². The summed E-state index contributed by atoms with van der Waals surface area (Å²) < 4.78 is 24.8. The van der Waals surface area contributed by atoms with E-state index >= 15 is 0 Å². The summed E-state index contributed by atoms with van der Waals surface area (Å²) in [4.78, 5) is 2.37. The zero-order chi connectivity index (χ0) is 19.8. The molecule has 28 heavy (non-hydrogen) atoms. The number of nitrogens with one attached hydrogen (secondary N) is 2. The van der Waals surface area contributed by atoms with Crippen LogP contribution >= 0.6 is 0 Å². The molecule has 1 saturated heterocycles. The van der Waals surface area contributed by atoms with Crippen molar-refractivity contribution in [3.8, 4) is 0 Å². The zero-order valence-electron chi connectivity index (χ0n) is 17.0. The third-order valence-corrected chi connectivity index (χ3v) is 7.27. The average molecular weight is 404 g/mol. The molecule has 0 radical (unpaired) electrons. The second kappa shape index (κ2) is 7.90. The van der Waals surface area contributed by atoms with Crippen LogP contribution in [-0.2, 0) is 10.0 Å². The number of hydrogen-bond donors (Lipinski definition) is 2. The van der Waals surface area contributed by atoms with Crippen molar-refractivity contribution in [2.75, 3.05) is 32.4 Å². The molecule has 0 unspecified atom stereocenters. The maximum Gasteiger partial charge on any atom is 0.208 e. The summed E-state index contributed by atoms with van der Waals surface area (Å²) in [5, 5.41) is 3.89. The Morgan fingerprint density at radius 2 is 1.96 bits per heavy atom. The minimum absolute atomic E-state index is 0.501. The van der Waals surface area contributed by atoms with E-state index in [9.17, 15) is 8.42 Å². The minimum atomic E-state index is -3.07. The molecule has 1 aromatic carbocycles. The largest absolute Gasteiger partial charge is 0.311 e. The Labute approximate surface area is 169 Å². The SMILES string of the molecule is CC/C(=C\c1ccccc1)[C@@H]1C[C@H]1NC1CC2(C1)CN(CCNS(C)(=O)=O)C2. The molecular weight excluding hydrogens is 370 g/mol. The van der Waals surface area contributed by atoms with Crippen LogP contribution in [0, 0.1) is 11.3 Å². The van der Waals surface area contributed by atoms with Crippen LogP contribution in [0.5, 0.6) is 0 Å². The molecule has 0 amide bonds. The summed E-state index contributed by atoms with van der Waals surface area (Å²) in [6.07, 6.45) is 8.55. The van der Waals surface area contributed by atoms with Crippen LogP contribution in [0.1, 0.15) is 38.2 Å². The normalized spacial score (nSPS) is 27.4. The van der Waals surface area contributed by atoms with E-state index in [1.807, 2.05) is 0 Å². The molecule has 2 atom stereocenters. The lowest BCUT2D eigenvalue weighted by atomic mass is 9.60. The highest BCUT2D eigenvalue weighted by Gasteiger charge is 2.53. The molecule has 1 heterocycles. The number of benzene rings is 1. The van der Waals surface area contributed by atoms with E-state index in [2.05, 4.69) is 58.3 Å². The maximum atomic E-state index is 11.1. The number of nitrogens with zero attached hydrogens (tertiary/aromatic N) is 1. The molecule has 2 aliphatic carbocycles. The molecule has 2 saturated carbocycles. The lowest BCUT2D eigenvalue weighted by Gasteiger charge is -2.59. The van der Waals surface area contributed by atoms with Gasteiger partial charge >= 0.3 is 0 Å². The van der Waals surface area contributed by atoms with Gasteiger partial charge in [-0.2, -0.15) is 0 Å². The van der Waals surface area contributed by atoms with Gasteiger partial charge < -0.3 is 10.2 Å². The van der Waals surface area contributed by atoms with Gasteiger partial charge in [0, 0.05) is 38.3 Å². The smallest absolute Gasteiger partial charge is 0.208 e. The van der Waals surface area contributed by atoms with E-state index in [0.29, 0.717) is 30.0 Å². The number of sulfonamides is 1. The van der Waals surface area contributed by atoms with Crippen LogP contribution in [0.2, 0.25) is 0 Å². The lowest BCUT2D eigenvalue weighted by Crippen LogP contribution is -2.66. The highest BCUT2D eigenvalue weighted by atomic mass is 32.2. The minimum Gasteiger partial charge on any atom is -0.311 e. The van der Waals surface area contributed by atoms with Gasteiger partial charge in [0.2, 0.25) is 10.0 Å². The molecule has 1 aromatic rings. The second-order valence-corrected chi connectivity index (χ2v) is 10.9. The first-order chi connectivity index (χ1) is 13.4. The topological polar surface area (TPSA) is 61.4 Å². The molecule has 5 nitrogen and oxygen atoms in total. The standard InChI is InChI=1S/C22H33N3O2S/c1-3-18(11-17-7-5-4-6-8-17)20-12-21(20)24-19-13-22(14-19)15-25(16-22)10-9-23-28(2,26)27/h4-8,11,19-21,23-24H,3,9-10,12-16H2,1-2H3/b18-11+/t20-,21+/m0/s1. The van der Waals surface area contributed by atoms with Crippen molar-refractivity contribution in [3.05, 3.63) is 41.5 Å². The molecule has 6 heteroatoms. The monoisotopic (exact) mass is 403 g/mol. The molecule has 1 spiro atoms. The summed E-state index contributed by atoms with van der Waals surface area (Å²) in [5.41, 5.74) is 3.39. The van der Waals surface area contributed by atoms with E-state index in [1.165, 1.54) is 31.1 Å². The predicted octanol–water partition coefficient (Wildman–Crippen LogP) is 2.47. The molecule has 0 aromatic heterocycles. The van der Waals surface area contributed by atoms with E-state index in [4.69, 9.17) is 0 Å². The second-order valence-electron chi connectivity index (χ2n) is 9.08. The van der Waals surface area contributed by atoms with Crippen LogP contribution in [0.15, 0.2) is 35.9 Å².